The predicted molar refractivity (Wildman–Crippen MR) is 88.7 cm³/mol. The third kappa shape index (κ3) is 18.9. The SMILES string of the molecule is CCCCCCCCCCOc1ccccc1.O=S(=O)(O)O. The first-order valence-electron chi connectivity index (χ1n) is 7.81. The fourth-order valence-electron chi connectivity index (χ4n) is 1.94. The number of rotatable bonds is 10. The van der Waals surface area contributed by atoms with Crippen molar-refractivity contribution >= 4 is 10.4 Å². The summed E-state index contributed by atoms with van der Waals surface area (Å²) in [5, 5.41) is 0. The molecule has 0 spiro atoms. The van der Waals surface area contributed by atoms with Gasteiger partial charge in [0.15, 0.2) is 0 Å². The van der Waals surface area contributed by atoms with Crippen molar-refractivity contribution in [2.75, 3.05) is 6.61 Å². The molecule has 0 saturated heterocycles. The zero-order valence-electron chi connectivity index (χ0n) is 13.3. The number of ether oxygens (including phenoxy) is 1. The van der Waals surface area contributed by atoms with E-state index < -0.39 is 10.4 Å². The van der Waals surface area contributed by atoms with E-state index in [1.54, 1.807) is 0 Å². The Labute approximate surface area is 134 Å². The third-order valence-electron chi connectivity index (χ3n) is 3.01. The minimum Gasteiger partial charge on any atom is -0.494 e. The number of hydrogen-bond donors (Lipinski definition) is 2. The molecule has 0 fully saturated rings. The lowest BCUT2D eigenvalue weighted by atomic mass is 10.1. The monoisotopic (exact) mass is 332 g/mol. The van der Waals surface area contributed by atoms with Crippen molar-refractivity contribution < 1.29 is 22.3 Å². The van der Waals surface area contributed by atoms with Crippen LogP contribution in [0.15, 0.2) is 30.3 Å². The molecule has 0 atom stereocenters. The number of para-hydroxylation sites is 1. The van der Waals surface area contributed by atoms with Gasteiger partial charge in [0.2, 0.25) is 0 Å². The molecule has 1 aromatic carbocycles. The van der Waals surface area contributed by atoms with E-state index in [1.807, 2.05) is 30.3 Å². The lowest BCUT2D eigenvalue weighted by Crippen LogP contribution is -1.96. The minimum absolute atomic E-state index is 0.860. The first kappa shape index (κ1) is 20.9. The Kier molecular flexibility index (Phi) is 12.9. The van der Waals surface area contributed by atoms with Crippen LogP contribution in [0.4, 0.5) is 0 Å². The van der Waals surface area contributed by atoms with Crippen LogP contribution in [0.25, 0.3) is 0 Å². The van der Waals surface area contributed by atoms with Crippen LogP contribution < -0.4 is 4.74 Å². The summed E-state index contributed by atoms with van der Waals surface area (Å²) in [5.41, 5.74) is 0. The molecule has 0 aliphatic carbocycles. The van der Waals surface area contributed by atoms with Gasteiger partial charge in [0.1, 0.15) is 5.75 Å². The lowest BCUT2D eigenvalue weighted by molar-refractivity contribution is 0.304. The molecule has 6 heteroatoms. The van der Waals surface area contributed by atoms with Gasteiger partial charge in [-0.15, -0.1) is 0 Å². The van der Waals surface area contributed by atoms with Crippen LogP contribution in [0.3, 0.4) is 0 Å². The quantitative estimate of drug-likeness (QED) is 0.485. The number of benzene rings is 1. The van der Waals surface area contributed by atoms with E-state index in [2.05, 4.69) is 6.92 Å². The third-order valence-corrected chi connectivity index (χ3v) is 3.01. The summed E-state index contributed by atoms with van der Waals surface area (Å²) in [7, 11) is -4.67. The van der Waals surface area contributed by atoms with Crippen molar-refractivity contribution in [3.8, 4) is 5.75 Å². The van der Waals surface area contributed by atoms with Gasteiger partial charge in [0.25, 0.3) is 0 Å². The molecule has 128 valence electrons. The highest BCUT2D eigenvalue weighted by Gasteiger charge is 1.93. The zero-order chi connectivity index (χ0) is 16.7. The van der Waals surface area contributed by atoms with Gasteiger partial charge in [-0.2, -0.15) is 8.42 Å². The molecule has 22 heavy (non-hydrogen) atoms. The molecule has 2 N–H and O–H groups in total. The molecule has 1 aromatic rings. The fraction of sp³-hybridized carbons (Fsp3) is 0.625. The van der Waals surface area contributed by atoms with E-state index in [0.29, 0.717) is 0 Å². The average Bonchev–Trinajstić information content (AvgIpc) is 2.45. The Hall–Kier alpha value is -1.11. The van der Waals surface area contributed by atoms with E-state index >= 15 is 0 Å². The van der Waals surface area contributed by atoms with Crippen LogP contribution in [0, 0.1) is 0 Å². The van der Waals surface area contributed by atoms with Crippen molar-refractivity contribution in [1.29, 1.82) is 0 Å². The molecule has 0 saturated carbocycles. The highest BCUT2D eigenvalue weighted by Crippen LogP contribution is 2.11. The maximum atomic E-state index is 8.74. The standard InChI is InChI=1S/C16H26O.H2O4S/c1-2-3-4-5-6-7-8-12-15-17-16-13-10-9-11-14-16;1-5(2,3)4/h9-11,13-14H,2-8,12,15H2,1H3;(H2,1,2,3,4). The second kappa shape index (κ2) is 13.5. The molecular formula is C16H28O5S. The van der Waals surface area contributed by atoms with Crippen LogP contribution in [-0.2, 0) is 10.4 Å². The zero-order valence-corrected chi connectivity index (χ0v) is 14.1. The second-order valence-electron chi connectivity index (χ2n) is 5.08. The van der Waals surface area contributed by atoms with Crippen molar-refractivity contribution in [2.24, 2.45) is 0 Å². The van der Waals surface area contributed by atoms with Crippen molar-refractivity contribution in [3.63, 3.8) is 0 Å². The molecule has 0 amide bonds. The van der Waals surface area contributed by atoms with E-state index in [9.17, 15) is 0 Å². The van der Waals surface area contributed by atoms with Crippen LogP contribution in [0.2, 0.25) is 0 Å². The van der Waals surface area contributed by atoms with Gasteiger partial charge in [0.05, 0.1) is 6.61 Å². The Balaban J connectivity index is 0.000000763. The molecule has 0 aliphatic rings. The average molecular weight is 332 g/mol. The number of hydrogen-bond acceptors (Lipinski definition) is 3. The molecule has 0 aromatic heterocycles. The van der Waals surface area contributed by atoms with Crippen LogP contribution in [0.1, 0.15) is 58.3 Å². The summed E-state index contributed by atoms with van der Waals surface area (Å²) in [6, 6.07) is 10.1. The van der Waals surface area contributed by atoms with Gasteiger partial charge in [-0.25, -0.2) is 0 Å². The van der Waals surface area contributed by atoms with Gasteiger partial charge in [-0.05, 0) is 18.6 Å². The molecule has 1 rings (SSSR count). The normalized spacial score (nSPS) is 10.7. The number of unbranched alkanes of at least 4 members (excludes halogenated alkanes) is 7. The molecule has 5 nitrogen and oxygen atoms in total. The van der Waals surface area contributed by atoms with Gasteiger partial charge in [-0.1, -0.05) is 70.1 Å². The van der Waals surface area contributed by atoms with Crippen molar-refractivity contribution in [2.45, 2.75) is 58.3 Å². The van der Waals surface area contributed by atoms with E-state index in [1.165, 1.54) is 51.4 Å². The first-order valence-corrected chi connectivity index (χ1v) is 9.21. The maximum absolute atomic E-state index is 8.74. The van der Waals surface area contributed by atoms with Gasteiger partial charge >= 0.3 is 10.4 Å². The highest BCUT2D eigenvalue weighted by atomic mass is 32.3. The van der Waals surface area contributed by atoms with Gasteiger partial charge < -0.3 is 4.74 Å². The summed E-state index contributed by atoms with van der Waals surface area (Å²) in [4.78, 5) is 0. The fourth-order valence-corrected chi connectivity index (χ4v) is 1.94. The smallest absolute Gasteiger partial charge is 0.394 e. The molecule has 0 aliphatic heterocycles. The molecule has 0 heterocycles. The topological polar surface area (TPSA) is 83.8 Å². The minimum atomic E-state index is -4.67. The van der Waals surface area contributed by atoms with E-state index in [4.69, 9.17) is 22.3 Å². The molecule has 0 unspecified atom stereocenters. The Morgan fingerprint density at radius 1 is 0.864 bits per heavy atom. The second-order valence-corrected chi connectivity index (χ2v) is 5.98. The summed E-state index contributed by atoms with van der Waals surface area (Å²) in [6.45, 7) is 3.12. The van der Waals surface area contributed by atoms with Crippen LogP contribution >= 0.6 is 0 Å². The molecular weight excluding hydrogens is 304 g/mol. The lowest BCUT2D eigenvalue weighted by Gasteiger charge is -2.05. The highest BCUT2D eigenvalue weighted by molar-refractivity contribution is 7.79. The largest absolute Gasteiger partial charge is 0.494 e. The Morgan fingerprint density at radius 2 is 1.32 bits per heavy atom. The van der Waals surface area contributed by atoms with Crippen LogP contribution in [-0.4, -0.2) is 24.1 Å². The van der Waals surface area contributed by atoms with Crippen molar-refractivity contribution in [3.05, 3.63) is 30.3 Å². The predicted octanol–water partition coefficient (Wildman–Crippen LogP) is 4.55. The first-order chi connectivity index (χ1) is 10.4. The summed E-state index contributed by atoms with van der Waals surface area (Å²) in [5.74, 6) is 0.996. The molecule has 0 bridgehead atoms. The Morgan fingerprint density at radius 3 is 1.82 bits per heavy atom. The van der Waals surface area contributed by atoms with E-state index in [-0.39, 0.29) is 0 Å². The molecule has 0 radical (unpaired) electrons. The van der Waals surface area contributed by atoms with E-state index in [0.717, 1.165) is 12.4 Å². The maximum Gasteiger partial charge on any atom is 0.394 e. The Bertz CT molecular complexity index is 437. The van der Waals surface area contributed by atoms with Crippen molar-refractivity contribution in [1.82, 2.24) is 0 Å². The summed E-state index contributed by atoms with van der Waals surface area (Å²) < 4.78 is 37.2. The summed E-state index contributed by atoms with van der Waals surface area (Å²) in [6.07, 6.45) is 10.8. The van der Waals surface area contributed by atoms with Gasteiger partial charge in [0, 0.05) is 0 Å². The summed E-state index contributed by atoms with van der Waals surface area (Å²) >= 11 is 0. The van der Waals surface area contributed by atoms with Crippen LogP contribution in [0.5, 0.6) is 5.75 Å². The van der Waals surface area contributed by atoms with Gasteiger partial charge in [-0.3, -0.25) is 9.11 Å².